The molecule has 2 aromatic rings. The van der Waals surface area contributed by atoms with Gasteiger partial charge in [0.25, 0.3) is 0 Å². The molecule has 0 aliphatic carbocycles. The molecule has 0 radical (unpaired) electrons. The van der Waals surface area contributed by atoms with E-state index >= 15 is 0 Å². The molecule has 20 heavy (non-hydrogen) atoms. The molecule has 0 amide bonds. The molecular weight excluding hydrogens is 254 g/mol. The molecule has 5 heteroatoms. The van der Waals surface area contributed by atoms with E-state index in [0.29, 0.717) is 12.8 Å². The Balaban J connectivity index is 2.19. The van der Waals surface area contributed by atoms with Crippen molar-refractivity contribution in [3.63, 3.8) is 0 Å². The van der Waals surface area contributed by atoms with Crippen LogP contribution in [0.3, 0.4) is 0 Å². The fourth-order valence-electron chi connectivity index (χ4n) is 2.16. The van der Waals surface area contributed by atoms with Crippen molar-refractivity contribution < 1.29 is 9.90 Å². The van der Waals surface area contributed by atoms with Gasteiger partial charge in [0.15, 0.2) is 0 Å². The molecule has 0 saturated carbocycles. The maximum absolute atomic E-state index is 10.7. The van der Waals surface area contributed by atoms with Gasteiger partial charge >= 0.3 is 5.97 Å². The first kappa shape index (κ1) is 14.1. The van der Waals surface area contributed by atoms with Gasteiger partial charge in [-0.1, -0.05) is 0 Å². The molecule has 2 heterocycles. The number of rotatable bonds is 5. The second-order valence-electron chi connectivity index (χ2n) is 4.72. The van der Waals surface area contributed by atoms with Crippen LogP contribution in [0.1, 0.15) is 34.8 Å². The second-order valence-corrected chi connectivity index (χ2v) is 4.72. The minimum absolute atomic E-state index is 0.106. The molecule has 0 aliphatic rings. The summed E-state index contributed by atoms with van der Waals surface area (Å²) in [5.41, 5.74) is 3.77. The molecule has 2 rings (SSSR count). The van der Waals surface area contributed by atoms with Gasteiger partial charge in [-0.15, -0.1) is 0 Å². The highest BCUT2D eigenvalue weighted by atomic mass is 16.4. The van der Waals surface area contributed by atoms with Gasteiger partial charge in [0, 0.05) is 36.6 Å². The summed E-state index contributed by atoms with van der Waals surface area (Å²) in [7, 11) is 0. The van der Waals surface area contributed by atoms with Crippen molar-refractivity contribution in [2.75, 3.05) is 0 Å². The zero-order chi connectivity index (χ0) is 14.5. The van der Waals surface area contributed by atoms with Gasteiger partial charge in [-0.3, -0.25) is 9.78 Å². The quantitative estimate of drug-likeness (QED) is 0.901. The van der Waals surface area contributed by atoms with Crippen molar-refractivity contribution >= 4 is 5.97 Å². The molecule has 2 aromatic heterocycles. The number of hydrogen-bond donors (Lipinski definition) is 1. The Hall–Kier alpha value is -2.30. The van der Waals surface area contributed by atoms with E-state index in [9.17, 15) is 4.79 Å². The summed E-state index contributed by atoms with van der Waals surface area (Å²) in [6.07, 6.45) is 4.73. The number of carboxylic acid groups (broad SMARTS) is 1. The van der Waals surface area contributed by atoms with Gasteiger partial charge in [-0.05, 0) is 43.5 Å². The number of carboxylic acids is 1. The number of aryl methyl sites for hydroxylation is 2. The fourth-order valence-corrected chi connectivity index (χ4v) is 2.16. The van der Waals surface area contributed by atoms with E-state index in [4.69, 9.17) is 5.11 Å². The van der Waals surface area contributed by atoms with Crippen LogP contribution in [0.5, 0.6) is 0 Å². The zero-order valence-electron chi connectivity index (χ0n) is 11.6. The lowest BCUT2D eigenvalue weighted by Gasteiger charge is -2.10. The van der Waals surface area contributed by atoms with Crippen molar-refractivity contribution in [1.82, 2.24) is 15.0 Å². The van der Waals surface area contributed by atoms with Crippen LogP contribution in [0.2, 0.25) is 0 Å². The Kier molecular flexibility index (Phi) is 4.40. The molecule has 104 valence electrons. The smallest absolute Gasteiger partial charge is 0.303 e. The first-order valence-electron chi connectivity index (χ1n) is 6.50. The van der Waals surface area contributed by atoms with Gasteiger partial charge in [0.05, 0.1) is 0 Å². The zero-order valence-corrected chi connectivity index (χ0v) is 11.6. The van der Waals surface area contributed by atoms with Crippen LogP contribution in [-0.4, -0.2) is 26.0 Å². The van der Waals surface area contributed by atoms with Crippen molar-refractivity contribution in [3.8, 4) is 0 Å². The minimum Gasteiger partial charge on any atom is -0.481 e. The van der Waals surface area contributed by atoms with E-state index in [-0.39, 0.29) is 6.42 Å². The average Bonchev–Trinajstić information content (AvgIpc) is 2.38. The Morgan fingerprint density at radius 3 is 2.30 bits per heavy atom. The van der Waals surface area contributed by atoms with Crippen LogP contribution < -0.4 is 0 Å². The summed E-state index contributed by atoms with van der Waals surface area (Å²) in [6, 6.07) is 3.87. The first-order chi connectivity index (χ1) is 9.56. The van der Waals surface area contributed by atoms with E-state index in [2.05, 4.69) is 15.0 Å². The summed E-state index contributed by atoms with van der Waals surface area (Å²) in [5, 5.41) is 8.76. The molecule has 0 spiro atoms. The van der Waals surface area contributed by atoms with Crippen molar-refractivity contribution in [2.24, 2.45) is 0 Å². The predicted octanol–water partition coefficient (Wildman–Crippen LogP) is 2.10. The highest BCUT2D eigenvalue weighted by Crippen LogP contribution is 2.14. The Morgan fingerprint density at radius 2 is 1.75 bits per heavy atom. The van der Waals surface area contributed by atoms with Gasteiger partial charge in [0.2, 0.25) is 0 Å². The van der Waals surface area contributed by atoms with Gasteiger partial charge < -0.3 is 5.11 Å². The Bertz CT molecular complexity index is 589. The lowest BCUT2D eigenvalue weighted by molar-refractivity contribution is -0.136. The van der Waals surface area contributed by atoms with Crippen LogP contribution in [0.4, 0.5) is 0 Å². The minimum atomic E-state index is -0.801. The molecule has 0 unspecified atom stereocenters. The molecule has 0 aromatic carbocycles. The van der Waals surface area contributed by atoms with E-state index < -0.39 is 5.97 Å². The summed E-state index contributed by atoms with van der Waals surface area (Å²) in [4.78, 5) is 23.6. The third-order valence-corrected chi connectivity index (χ3v) is 3.17. The normalized spacial score (nSPS) is 10.5. The molecule has 0 saturated heterocycles. The summed E-state index contributed by atoms with van der Waals surface area (Å²) >= 11 is 0. The lowest BCUT2D eigenvalue weighted by atomic mass is 10.1. The molecule has 0 bridgehead atoms. The lowest BCUT2D eigenvalue weighted by Crippen LogP contribution is -2.08. The molecule has 1 N–H and O–H groups in total. The van der Waals surface area contributed by atoms with E-state index in [1.165, 1.54) is 0 Å². The number of nitrogens with zero attached hydrogens (tertiary/aromatic N) is 3. The summed E-state index contributed by atoms with van der Waals surface area (Å²) in [5.74, 6) is -0.0464. The number of aliphatic carboxylic acids is 1. The fraction of sp³-hybridized carbons (Fsp3) is 0.333. The van der Waals surface area contributed by atoms with Crippen LogP contribution >= 0.6 is 0 Å². The van der Waals surface area contributed by atoms with Crippen molar-refractivity contribution in [2.45, 2.75) is 33.1 Å². The van der Waals surface area contributed by atoms with Gasteiger partial charge in [-0.2, -0.15) is 0 Å². The number of carbonyl (C=O) groups is 1. The van der Waals surface area contributed by atoms with E-state index in [0.717, 1.165) is 28.3 Å². The highest BCUT2D eigenvalue weighted by molar-refractivity contribution is 5.67. The van der Waals surface area contributed by atoms with Crippen LogP contribution in [-0.2, 0) is 17.6 Å². The SMILES string of the molecule is Cc1nc(Cc2ccncc2)nc(C)c1CCC(=O)O. The molecular formula is C15H17N3O2. The monoisotopic (exact) mass is 271 g/mol. The number of hydrogen-bond acceptors (Lipinski definition) is 4. The van der Waals surface area contributed by atoms with E-state index in [1.54, 1.807) is 12.4 Å². The third-order valence-electron chi connectivity index (χ3n) is 3.17. The predicted molar refractivity (Wildman–Crippen MR) is 74.5 cm³/mol. The average molecular weight is 271 g/mol. The van der Waals surface area contributed by atoms with Crippen molar-refractivity contribution in [1.29, 1.82) is 0 Å². The van der Waals surface area contributed by atoms with Gasteiger partial charge in [-0.25, -0.2) is 9.97 Å². The Morgan fingerprint density at radius 1 is 1.15 bits per heavy atom. The molecule has 0 fully saturated rings. The third kappa shape index (κ3) is 3.60. The van der Waals surface area contributed by atoms with E-state index in [1.807, 2.05) is 26.0 Å². The van der Waals surface area contributed by atoms with Gasteiger partial charge in [0.1, 0.15) is 5.82 Å². The second kappa shape index (κ2) is 6.23. The van der Waals surface area contributed by atoms with Crippen molar-refractivity contribution in [3.05, 3.63) is 52.9 Å². The number of pyridine rings is 1. The largest absolute Gasteiger partial charge is 0.481 e. The summed E-state index contributed by atoms with van der Waals surface area (Å²) in [6.45, 7) is 3.81. The summed E-state index contributed by atoms with van der Waals surface area (Å²) < 4.78 is 0. The molecule has 5 nitrogen and oxygen atoms in total. The molecule has 0 aliphatic heterocycles. The molecule has 0 atom stereocenters. The maximum atomic E-state index is 10.7. The van der Waals surface area contributed by atoms with Crippen LogP contribution in [0.25, 0.3) is 0 Å². The topological polar surface area (TPSA) is 76.0 Å². The highest BCUT2D eigenvalue weighted by Gasteiger charge is 2.10. The maximum Gasteiger partial charge on any atom is 0.303 e. The van der Waals surface area contributed by atoms with Crippen LogP contribution in [0, 0.1) is 13.8 Å². The Labute approximate surface area is 117 Å². The number of aromatic nitrogens is 3. The standard InChI is InChI=1S/C15H17N3O2/c1-10-13(3-4-15(19)20)11(2)18-14(17-10)9-12-5-7-16-8-6-12/h5-8H,3-4,9H2,1-2H3,(H,19,20). The van der Waals surface area contributed by atoms with Crippen LogP contribution in [0.15, 0.2) is 24.5 Å². The first-order valence-corrected chi connectivity index (χ1v) is 6.50.